The third-order valence-corrected chi connectivity index (χ3v) is 5.20. The second kappa shape index (κ2) is 11.2. The van der Waals surface area contributed by atoms with Crippen LogP contribution < -0.4 is 15.2 Å². The van der Waals surface area contributed by atoms with E-state index in [2.05, 4.69) is 53.4 Å². The number of rotatable bonds is 1. The van der Waals surface area contributed by atoms with Gasteiger partial charge in [-0.25, -0.2) is 0 Å². The number of hydrogen-bond acceptors (Lipinski definition) is 4. The first-order valence-electron chi connectivity index (χ1n) is 9.40. The highest BCUT2D eigenvalue weighted by molar-refractivity contribution is 6.15. The van der Waals surface area contributed by atoms with Gasteiger partial charge in [-0.1, -0.05) is 32.1 Å². The molecular weight excluding hydrogens is 383 g/mol. The van der Waals surface area contributed by atoms with E-state index in [9.17, 15) is 0 Å². The van der Waals surface area contributed by atoms with Crippen molar-refractivity contribution in [2.24, 2.45) is 5.73 Å². The molecule has 6 heteroatoms. The van der Waals surface area contributed by atoms with Gasteiger partial charge in [0.1, 0.15) is 6.10 Å². The number of nitrogens with two attached hydrogens (primary N) is 1. The lowest BCUT2D eigenvalue weighted by Gasteiger charge is -2.36. The third-order valence-electron chi connectivity index (χ3n) is 5.20. The number of hydrogen-bond donors (Lipinski definition) is 1. The van der Waals surface area contributed by atoms with Gasteiger partial charge in [0.2, 0.25) is 0 Å². The maximum Gasteiger partial charge on any atom is 0.166 e. The molecule has 0 bridgehead atoms. The minimum absolute atomic E-state index is 0.0279. The molecule has 0 fully saturated rings. The Kier molecular flexibility index (Phi) is 9.96. The molecule has 4 rings (SSSR count). The van der Waals surface area contributed by atoms with Crippen LogP contribution in [0, 0.1) is 0 Å². The highest BCUT2D eigenvalue weighted by Crippen LogP contribution is 2.55. The zero-order valence-electron chi connectivity index (χ0n) is 17.4. The molecule has 2 N–H and O–H groups in total. The van der Waals surface area contributed by atoms with E-state index >= 15 is 0 Å². The van der Waals surface area contributed by atoms with Crippen LogP contribution in [0.5, 0.6) is 11.5 Å². The van der Waals surface area contributed by atoms with Crippen molar-refractivity contribution in [3.8, 4) is 11.5 Å². The maximum absolute atomic E-state index is 6.33. The van der Waals surface area contributed by atoms with Crippen LogP contribution in [-0.4, -0.2) is 50.5 Å². The summed E-state index contributed by atoms with van der Waals surface area (Å²) in [5.41, 5.74) is 8.78. The van der Waals surface area contributed by atoms with Crippen molar-refractivity contribution < 1.29 is 9.47 Å². The first kappa shape index (κ1) is 24.1. The first-order valence-corrected chi connectivity index (χ1v) is 10.9. The first-order chi connectivity index (χ1) is 13.1. The number of alkyl halides is 2. The monoisotopic (exact) mass is 416 g/mol. The molecular formula is C21H34Cl2N2O2. The molecule has 27 heavy (non-hydrogen) atoms. The molecule has 1 aromatic carbocycles. The second-order valence-corrected chi connectivity index (χ2v) is 6.52. The van der Waals surface area contributed by atoms with E-state index in [0.29, 0.717) is 0 Å². The van der Waals surface area contributed by atoms with Crippen LogP contribution in [0.3, 0.4) is 0 Å². The molecule has 0 aromatic heterocycles. The number of ether oxygens (including phenoxy) is 2. The van der Waals surface area contributed by atoms with Crippen LogP contribution >= 0.6 is 23.2 Å². The van der Waals surface area contributed by atoms with E-state index in [-0.39, 0.29) is 17.6 Å². The van der Waals surface area contributed by atoms with Gasteiger partial charge in [-0.2, -0.15) is 0 Å². The van der Waals surface area contributed by atoms with Crippen LogP contribution in [0.4, 0.5) is 0 Å². The zero-order valence-corrected chi connectivity index (χ0v) is 18.9. The number of halogens is 2. The predicted molar refractivity (Wildman–Crippen MR) is 117 cm³/mol. The molecule has 1 spiro atoms. The highest BCUT2D eigenvalue weighted by atomic mass is 35.5. The summed E-state index contributed by atoms with van der Waals surface area (Å²) in [5.74, 6) is 1.78. The fourth-order valence-corrected chi connectivity index (χ4v) is 4.12. The van der Waals surface area contributed by atoms with E-state index in [1.54, 1.807) is 7.11 Å². The average molecular weight is 417 g/mol. The second-order valence-electron chi connectivity index (χ2n) is 6.52. The fourth-order valence-electron chi connectivity index (χ4n) is 4.12. The molecule has 0 radical (unpaired) electrons. The Morgan fingerprint density at radius 3 is 2.52 bits per heavy atom. The summed E-state index contributed by atoms with van der Waals surface area (Å²) in [6.45, 7) is 6.03. The highest BCUT2D eigenvalue weighted by Gasteiger charge is 2.52. The number of methoxy groups -OCH3 is 1. The van der Waals surface area contributed by atoms with Crippen molar-refractivity contribution in [2.45, 2.75) is 50.8 Å². The zero-order chi connectivity index (χ0) is 20.6. The fraction of sp³-hybridized carbons (Fsp3) is 0.619. The van der Waals surface area contributed by atoms with Gasteiger partial charge in [0, 0.05) is 37.3 Å². The third kappa shape index (κ3) is 4.56. The van der Waals surface area contributed by atoms with Crippen molar-refractivity contribution in [1.29, 1.82) is 0 Å². The molecule has 3 atom stereocenters. The molecule has 0 saturated carbocycles. The quantitative estimate of drug-likeness (QED) is 0.538. The van der Waals surface area contributed by atoms with Crippen LogP contribution in [0.1, 0.15) is 37.8 Å². The Morgan fingerprint density at radius 1 is 1.22 bits per heavy atom. The molecule has 3 aliphatic rings. The van der Waals surface area contributed by atoms with Gasteiger partial charge < -0.3 is 20.1 Å². The summed E-state index contributed by atoms with van der Waals surface area (Å²) < 4.78 is 11.9. The van der Waals surface area contributed by atoms with Gasteiger partial charge >= 0.3 is 0 Å². The molecule has 154 valence electrons. The Morgan fingerprint density at radius 2 is 1.89 bits per heavy atom. The van der Waals surface area contributed by atoms with E-state index in [1.165, 1.54) is 23.9 Å². The summed E-state index contributed by atoms with van der Waals surface area (Å²) in [6.07, 6.45) is 9.49. The summed E-state index contributed by atoms with van der Waals surface area (Å²) in [6, 6.07) is 4.31. The van der Waals surface area contributed by atoms with E-state index in [4.69, 9.17) is 15.2 Å². The summed E-state index contributed by atoms with van der Waals surface area (Å²) in [5, 5.41) is 0. The van der Waals surface area contributed by atoms with Gasteiger partial charge in [0.15, 0.2) is 11.5 Å². The topological polar surface area (TPSA) is 47.7 Å². The van der Waals surface area contributed by atoms with Gasteiger partial charge in [0.25, 0.3) is 0 Å². The average Bonchev–Trinajstić information content (AvgIpc) is 2.98. The van der Waals surface area contributed by atoms with Crippen molar-refractivity contribution in [3.05, 3.63) is 35.4 Å². The Labute approximate surface area is 174 Å². The van der Waals surface area contributed by atoms with Gasteiger partial charge in [0.05, 0.1) is 12.5 Å². The van der Waals surface area contributed by atoms with Crippen LogP contribution in [0.15, 0.2) is 24.3 Å². The minimum Gasteiger partial charge on any atom is -0.493 e. The van der Waals surface area contributed by atoms with E-state index in [0.717, 1.165) is 37.4 Å². The van der Waals surface area contributed by atoms with Crippen LogP contribution in [0.25, 0.3) is 0 Å². The summed E-state index contributed by atoms with van der Waals surface area (Å²) in [7, 11) is 3.89. The number of nitrogens with zero attached hydrogens (tertiary/aromatic N) is 1. The van der Waals surface area contributed by atoms with E-state index in [1.807, 2.05) is 19.9 Å². The molecule has 1 aromatic rings. The lowest BCUT2D eigenvalue weighted by Crippen LogP contribution is -2.44. The Hall–Kier alpha value is -0.940. The van der Waals surface area contributed by atoms with Crippen molar-refractivity contribution in [2.75, 3.05) is 33.5 Å². The minimum atomic E-state index is -0.0279. The molecule has 0 amide bonds. The number of benzene rings is 1. The lowest BCUT2D eigenvalue weighted by atomic mass is 9.69. The summed E-state index contributed by atoms with van der Waals surface area (Å²) in [4.78, 5) is 2.38. The molecule has 2 heterocycles. The molecule has 4 nitrogen and oxygen atoms in total. The van der Waals surface area contributed by atoms with Crippen molar-refractivity contribution >= 4 is 23.2 Å². The van der Waals surface area contributed by atoms with Gasteiger partial charge in [-0.15, -0.1) is 23.2 Å². The SMILES string of the molecule is CC.CCl.CCl.COc1ccc2c3c1O[C@@H]1C[C@@H](N)C=C[C@]31CCN(C)C2. The molecule has 0 unspecified atom stereocenters. The Bertz CT molecular complexity index is 624. The van der Waals surface area contributed by atoms with Crippen LogP contribution in [0.2, 0.25) is 0 Å². The van der Waals surface area contributed by atoms with Crippen LogP contribution in [-0.2, 0) is 12.0 Å². The van der Waals surface area contributed by atoms with Gasteiger partial charge in [-0.3, -0.25) is 0 Å². The largest absolute Gasteiger partial charge is 0.493 e. The molecule has 2 aliphatic heterocycles. The predicted octanol–water partition coefficient (Wildman–Crippen LogP) is 4.55. The summed E-state index contributed by atoms with van der Waals surface area (Å²) >= 11 is 9.28. The standard InChI is InChI=1S/C17H22N2O2.C2H6.2CH3Cl/c1-19-8-7-17-6-5-12(18)9-14(17)21-16-13(20-2)4-3-11(10-19)15(16)17;3*1-2/h3-6,12,14H,7-10,18H2,1-2H3;1-2H3;2*1H3/t12-,14+,17+;;;/m0.../s1. The Balaban J connectivity index is 0.000000556. The van der Waals surface area contributed by atoms with Crippen molar-refractivity contribution in [3.63, 3.8) is 0 Å². The molecule has 0 saturated heterocycles. The van der Waals surface area contributed by atoms with E-state index < -0.39 is 0 Å². The lowest BCUT2D eigenvalue weighted by molar-refractivity contribution is 0.134. The molecule has 1 aliphatic carbocycles. The maximum atomic E-state index is 6.33. The van der Waals surface area contributed by atoms with Crippen molar-refractivity contribution in [1.82, 2.24) is 4.90 Å². The van der Waals surface area contributed by atoms with Gasteiger partial charge in [-0.05, 0) is 31.6 Å². The normalized spacial score (nSPS) is 27.0. The smallest absolute Gasteiger partial charge is 0.166 e.